The second kappa shape index (κ2) is 7.89. The van der Waals surface area contributed by atoms with Crippen molar-refractivity contribution in [3.63, 3.8) is 0 Å². The largest absolute Gasteiger partial charge is 0.384 e. The number of hydrogen-bond donors (Lipinski definition) is 1. The summed E-state index contributed by atoms with van der Waals surface area (Å²) in [6.07, 6.45) is 0.952. The highest BCUT2D eigenvalue weighted by Crippen LogP contribution is 2.10. The molecule has 0 aromatic heterocycles. The number of anilines is 1. The molecule has 0 amide bonds. The van der Waals surface area contributed by atoms with Crippen molar-refractivity contribution >= 4 is 29.1 Å². The van der Waals surface area contributed by atoms with Crippen molar-refractivity contribution in [2.75, 3.05) is 29.2 Å². The molecule has 0 aliphatic heterocycles. The van der Waals surface area contributed by atoms with Gasteiger partial charge < -0.3 is 5.32 Å². The quantitative estimate of drug-likeness (QED) is 0.580. The Morgan fingerprint density at radius 1 is 1.27 bits per heavy atom. The summed E-state index contributed by atoms with van der Waals surface area (Å²) in [4.78, 5) is 0. The van der Waals surface area contributed by atoms with E-state index in [0.717, 1.165) is 13.0 Å². The molecule has 0 saturated heterocycles. The van der Waals surface area contributed by atoms with E-state index in [1.165, 1.54) is 22.8 Å². The lowest BCUT2D eigenvalue weighted by molar-refractivity contribution is 1.14. The van der Waals surface area contributed by atoms with Crippen LogP contribution < -0.4 is 5.32 Å². The van der Waals surface area contributed by atoms with E-state index < -0.39 is 0 Å². The fraction of sp³-hybridized carbons (Fsp3) is 0.500. The van der Waals surface area contributed by atoms with Gasteiger partial charge in [-0.1, -0.05) is 19.1 Å². The summed E-state index contributed by atoms with van der Waals surface area (Å²) >= 11 is 7.63. The van der Waals surface area contributed by atoms with Crippen LogP contribution in [0.1, 0.15) is 12.5 Å². The molecule has 1 N–H and O–H groups in total. The first-order valence-electron chi connectivity index (χ1n) is 5.33. The van der Waals surface area contributed by atoms with Crippen LogP contribution in [0.2, 0.25) is 0 Å². The van der Waals surface area contributed by atoms with Gasteiger partial charge in [-0.15, -0.1) is 11.6 Å². The molecular weight excluding hydrogens is 226 g/mol. The second-order valence-corrected chi connectivity index (χ2v) is 5.03. The third-order valence-corrected chi connectivity index (χ3v) is 3.21. The average Bonchev–Trinajstić information content (AvgIpc) is 2.27. The van der Waals surface area contributed by atoms with Gasteiger partial charge in [0, 0.05) is 23.9 Å². The Labute approximate surface area is 102 Å². The van der Waals surface area contributed by atoms with E-state index in [1.807, 2.05) is 11.8 Å². The van der Waals surface area contributed by atoms with E-state index in [-0.39, 0.29) is 0 Å². The van der Waals surface area contributed by atoms with Crippen molar-refractivity contribution in [3.05, 3.63) is 29.8 Å². The average molecular weight is 244 g/mol. The smallest absolute Gasteiger partial charge is 0.0340 e. The van der Waals surface area contributed by atoms with Gasteiger partial charge in [-0.3, -0.25) is 0 Å². The highest BCUT2D eigenvalue weighted by atomic mass is 35.5. The molecular formula is C12H18ClNS. The summed E-state index contributed by atoms with van der Waals surface area (Å²) in [5.74, 6) is 3.05. The van der Waals surface area contributed by atoms with Crippen LogP contribution in [0.5, 0.6) is 0 Å². The third kappa shape index (κ3) is 5.33. The van der Waals surface area contributed by atoms with Gasteiger partial charge in [0.2, 0.25) is 0 Å². The molecule has 0 saturated carbocycles. The Hall–Kier alpha value is -0.340. The lowest BCUT2D eigenvalue weighted by atomic mass is 10.1. The normalized spacial score (nSPS) is 10.3. The molecule has 0 spiro atoms. The maximum Gasteiger partial charge on any atom is 0.0340 e. The molecule has 0 aliphatic carbocycles. The van der Waals surface area contributed by atoms with Crippen molar-refractivity contribution in [3.8, 4) is 0 Å². The molecule has 1 nitrogen and oxygen atoms in total. The molecule has 0 unspecified atom stereocenters. The Morgan fingerprint density at radius 2 is 2.00 bits per heavy atom. The summed E-state index contributed by atoms with van der Waals surface area (Å²) < 4.78 is 0. The molecule has 15 heavy (non-hydrogen) atoms. The Bertz CT molecular complexity index is 261. The van der Waals surface area contributed by atoms with Gasteiger partial charge >= 0.3 is 0 Å². The van der Waals surface area contributed by atoms with Gasteiger partial charge in [0.25, 0.3) is 0 Å². The zero-order chi connectivity index (χ0) is 10.9. The molecule has 0 aliphatic rings. The molecule has 0 radical (unpaired) electrons. The zero-order valence-corrected chi connectivity index (χ0v) is 10.7. The monoisotopic (exact) mass is 243 g/mol. The molecule has 0 fully saturated rings. The van der Waals surface area contributed by atoms with E-state index in [4.69, 9.17) is 11.6 Å². The van der Waals surface area contributed by atoms with Crippen molar-refractivity contribution in [1.82, 2.24) is 0 Å². The summed E-state index contributed by atoms with van der Waals surface area (Å²) in [5.41, 5.74) is 2.50. The number of aryl methyl sites for hydroxylation is 1. The number of hydrogen-bond acceptors (Lipinski definition) is 2. The number of rotatable bonds is 7. The van der Waals surface area contributed by atoms with Crippen LogP contribution in [-0.4, -0.2) is 23.9 Å². The van der Waals surface area contributed by atoms with Gasteiger partial charge in [0.05, 0.1) is 0 Å². The summed E-state index contributed by atoms with van der Waals surface area (Å²) in [5, 5.41) is 3.39. The first-order valence-corrected chi connectivity index (χ1v) is 7.02. The second-order valence-electron chi connectivity index (χ2n) is 3.26. The minimum Gasteiger partial charge on any atom is -0.384 e. The van der Waals surface area contributed by atoms with Crippen LogP contribution in [0.4, 0.5) is 5.69 Å². The maximum absolute atomic E-state index is 5.68. The molecule has 1 aromatic carbocycles. The SMILES string of the molecule is CCSCCNc1ccc(CCCl)cc1. The van der Waals surface area contributed by atoms with E-state index in [0.29, 0.717) is 5.88 Å². The fourth-order valence-electron chi connectivity index (χ4n) is 1.31. The van der Waals surface area contributed by atoms with Gasteiger partial charge in [-0.05, 0) is 29.9 Å². The number of halogens is 1. The number of nitrogens with one attached hydrogen (secondary N) is 1. The first kappa shape index (κ1) is 12.7. The lowest BCUT2D eigenvalue weighted by Gasteiger charge is -2.06. The highest BCUT2D eigenvalue weighted by molar-refractivity contribution is 7.99. The van der Waals surface area contributed by atoms with E-state index in [9.17, 15) is 0 Å². The van der Waals surface area contributed by atoms with Crippen LogP contribution in [0.15, 0.2) is 24.3 Å². The topological polar surface area (TPSA) is 12.0 Å². The summed E-state index contributed by atoms with van der Waals surface area (Å²) in [6.45, 7) is 3.22. The molecule has 1 rings (SSSR count). The predicted molar refractivity (Wildman–Crippen MR) is 72.4 cm³/mol. The predicted octanol–water partition coefficient (Wildman–Crippen LogP) is 3.63. The standard InChI is InChI=1S/C12H18ClNS/c1-2-15-10-9-14-12-5-3-11(4-6-12)7-8-13/h3-6,14H,2,7-10H2,1H3. The van der Waals surface area contributed by atoms with Gasteiger partial charge in [0.15, 0.2) is 0 Å². The van der Waals surface area contributed by atoms with Crippen LogP contribution >= 0.6 is 23.4 Å². The number of thioether (sulfide) groups is 1. The van der Waals surface area contributed by atoms with Crippen molar-refractivity contribution in [2.45, 2.75) is 13.3 Å². The molecule has 0 bridgehead atoms. The van der Waals surface area contributed by atoms with Crippen LogP contribution in [0, 0.1) is 0 Å². The first-order chi connectivity index (χ1) is 7.36. The van der Waals surface area contributed by atoms with Crippen LogP contribution in [-0.2, 0) is 6.42 Å². The maximum atomic E-state index is 5.68. The molecule has 84 valence electrons. The van der Waals surface area contributed by atoms with E-state index in [1.54, 1.807) is 0 Å². The third-order valence-electron chi connectivity index (χ3n) is 2.12. The van der Waals surface area contributed by atoms with Crippen LogP contribution in [0.3, 0.4) is 0 Å². The Kier molecular flexibility index (Phi) is 6.69. The molecule has 1 aromatic rings. The van der Waals surface area contributed by atoms with Gasteiger partial charge in [0.1, 0.15) is 0 Å². The number of benzene rings is 1. The van der Waals surface area contributed by atoms with E-state index in [2.05, 4.69) is 36.5 Å². The molecule has 0 heterocycles. The fourth-order valence-corrected chi connectivity index (χ4v) is 2.06. The van der Waals surface area contributed by atoms with Crippen LogP contribution in [0.25, 0.3) is 0 Å². The highest BCUT2D eigenvalue weighted by Gasteiger charge is 1.93. The van der Waals surface area contributed by atoms with Gasteiger partial charge in [-0.2, -0.15) is 11.8 Å². The van der Waals surface area contributed by atoms with Crippen molar-refractivity contribution in [1.29, 1.82) is 0 Å². The van der Waals surface area contributed by atoms with Crippen molar-refractivity contribution < 1.29 is 0 Å². The zero-order valence-electron chi connectivity index (χ0n) is 9.13. The summed E-state index contributed by atoms with van der Waals surface area (Å²) in [7, 11) is 0. The Morgan fingerprint density at radius 3 is 2.60 bits per heavy atom. The molecule has 3 heteroatoms. The molecule has 0 atom stereocenters. The lowest BCUT2D eigenvalue weighted by Crippen LogP contribution is -2.04. The Balaban J connectivity index is 2.29. The van der Waals surface area contributed by atoms with Gasteiger partial charge in [-0.25, -0.2) is 0 Å². The van der Waals surface area contributed by atoms with E-state index >= 15 is 0 Å². The minimum atomic E-state index is 0.694. The minimum absolute atomic E-state index is 0.694. The summed E-state index contributed by atoms with van der Waals surface area (Å²) in [6, 6.07) is 8.52. The number of alkyl halides is 1. The van der Waals surface area contributed by atoms with Crippen molar-refractivity contribution in [2.24, 2.45) is 0 Å².